The van der Waals surface area contributed by atoms with Gasteiger partial charge < -0.3 is 10.4 Å². The zero-order valence-electron chi connectivity index (χ0n) is 11.0. The fraction of sp³-hybridized carbons (Fsp3) is 0.0667. The minimum atomic E-state index is -1.06. The number of aromatic carboxylic acids is 1. The third-order valence-corrected chi connectivity index (χ3v) is 4.09. The van der Waals surface area contributed by atoms with E-state index in [4.69, 9.17) is 16.7 Å². The fourth-order valence-electron chi connectivity index (χ4n) is 1.77. The van der Waals surface area contributed by atoms with E-state index in [0.717, 1.165) is 5.56 Å². The molecule has 6 heteroatoms. The fourth-order valence-corrected chi connectivity index (χ4v) is 2.32. The first-order valence-corrected chi connectivity index (χ1v) is 7.16. The van der Waals surface area contributed by atoms with Crippen LogP contribution >= 0.6 is 27.5 Å². The summed E-state index contributed by atoms with van der Waals surface area (Å²) in [6.07, 6.45) is 0. The number of hydrogen-bond acceptors (Lipinski definition) is 2. The van der Waals surface area contributed by atoms with E-state index in [1.54, 1.807) is 31.2 Å². The molecule has 2 N–H and O–H groups in total. The molecule has 0 fully saturated rings. The summed E-state index contributed by atoms with van der Waals surface area (Å²) in [6.45, 7) is 1.81. The number of anilines is 1. The SMILES string of the molecule is Cc1cccc(C(=O)Nc2cc(C(=O)O)ccc2Br)c1Cl. The molecule has 0 heterocycles. The maximum atomic E-state index is 12.3. The summed E-state index contributed by atoms with van der Waals surface area (Å²) < 4.78 is 0.588. The Morgan fingerprint density at radius 1 is 1.24 bits per heavy atom. The van der Waals surface area contributed by atoms with Crippen LogP contribution in [0, 0.1) is 6.92 Å². The van der Waals surface area contributed by atoms with Crippen LogP contribution in [-0.4, -0.2) is 17.0 Å². The average Bonchev–Trinajstić information content (AvgIpc) is 2.43. The number of halogens is 2. The van der Waals surface area contributed by atoms with Gasteiger partial charge in [-0.05, 0) is 52.7 Å². The second-order valence-electron chi connectivity index (χ2n) is 4.39. The van der Waals surface area contributed by atoms with Gasteiger partial charge in [0.2, 0.25) is 0 Å². The number of hydrogen-bond donors (Lipinski definition) is 2. The molecule has 21 heavy (non-hydrogen) atoms. The van der Waals surface area contributed by atoms with Crippen molar-refractivity contribution in [2.45, 2.75) is 6.92 Å². The molecular formula is C15H11BrClNO3. The highest BCUT2D eigenvalue weighted by Gasteiger charge is 2.14. The lowest BCUT2D eigenvalue weighted by Crippen LogP contribution is -2.13. The maximum absolute atomic E-state index is 12.3. The molecule has 0 aliphatic heterocycles. The zero-order chi connectivity index (χ0) is 15.6. The molecule has 0 radical (unpaired) electrons. The number of aryl methyl sites for hydroxylation is 1. The Morgan fingerprint density at radius 3 is 2.62 bits per heavy atom. The summed E-state index contributed by atoms with van der Waals surface area (Å²) in [6, 6.07) is 9.55. The second kappa shape index (κ2) is 6.28. The van der Waals surface area contributed by atoms with Crippen molar-refractivity contribution in [2.75, 3.05) is 5.32 Å². The largest absolute Gasteiger partial charge is 0.478 e. The molecular weight excluding hydrogens is 358 g/mol. The van der Waals surface area contributed by atoms with Gasteiger partial charge in [0.25, 0.3) is 5.91 Å². The van der Waals surface area contributed by atoms with Crippen molar-refractivity contribution < 1.29 is 14.7 Å². The van der Waals surface area contributed by atoms with Crippen LogP contribution in [0.4, 0.5) is 5.69 Å². The lowest BCUT2D eigenvalue weighted by molar-refractivity contribution is 0.0696. The summed E-state index contributed by atoms with van der Waals surface area (Å²) >= 11 is 9.38. The molecule has 4 nitrogen and oxygen atoms in total. The molecule has 1 amide bonds. The second-order valence-corrected chi connectivity index (χ2v) is 5.62. The highest BCUT2D eigenvalue weighted by Crippen LogP contribution is 2.26. The van der Waals surface area contributed by atoms with E-state index in [0.29, 0.717) is 20.7 Å². The predicted octanol–water partition coefficient (Wildman–Crippen LogP) is 4.36. The first-order chi connectivity index (χ1) is 9.90. The normalized spacial score (nSPS) is 10.2. The van der Waals surface area contributed by atoms with Gasteiger partial charge in [-0.25, -0.2) is 4.79 Å². The summed E-state index contributed by atoms with van der Waals surface area (Å²) in [5.74, 6) is -1.46. The van der Waals surface area contributed by atoms with E-state index in [9.17, 15) is 9.59 Å². The van der Waals surface area contributed by atoms with Crippen molar-refractivity contribution in [3.63, 3.8) is 0 Å². The molecule has 0 saturated carbocycles. The van der Waals surface area contributed by atoms with E-state index in [1.807, 2.05) is 0 Å². The van der Waals surface area contributed by atoms with Crippen LogP contribution in [0.1, 0.15) is 26.3 Å². The first kappa shape index (κ1) is 15.5. The standard InChI is InChI=1S/C15H11BrClNO3/c1-8-3-2-4-10(13(8)17)14(19)18-12-7-9(15(20)21)5-6-11(12)16/h2-7H,1H3,(H,18,19)(H,20,21). The van der Waals surface area contributed by atoms with E-state index < -0.39 is 11.9 Å². The Bertz CT molecular complexity index is 731. The molecule has 0 aliphatic carbocycles. The molecule has 0 atom stereocenters. The summed E-state index contributed by atoms with van der Waals surface area (Å²) in [5, 5.41) is 12.0. The number of carbonyl (C=O) groups excluding carboxylic acids is 1. The van der Waals surface area contributed by atoms with E-state index >= 15 is 0 Å². The summed E-state index contributed by atoms with van der Waals surface area (Å²) in [5.41, 5.74) is 1.59. The van der Waals surface area contributed by atoms with E-state index in [1.165, 1.54) is 12.1 Å². The Morgan fingerprint density at radius 2 is 1.95 bits per heavy atom. The molecule has 2 aromatic rings. The van der Waals surface area contributed by atoms with Gasteiger partial charge >= 0.3 is 5.97 Å². The van der Waals surface area contributed by atoms with Crippen molar-refractivity contribution in [3.8, 4) is 0 Å². The van der Waals surface area contributed by atoms with Gasteiger partial charge in [0.05, 0.1) is 21.8 Å². The number of carboxylic acids is 1. The summed E-state index contributed by atoms with van der Waals surface area (Å²) in [7, 11) is 0. The number of amides is 1. The molecule has 0 aliphatic rings. The predicted molar refractivity (Wildman–Crippen MR) is 85.2 cm³/mol. The van der Waals surface area contributed by atoms with Gasteiger partial charge in [0, 0.05) is 4.47 Å². The van der Waals surface area contributed by atoms with Gasteiger partial charge in [-0.2, -0.15) is 0 Å². The Hall–Kier alpha value is -1.85. The van der Waals surface area contributed by atoms with Crippen LogP contribution in [0.5, 0.6) is 0 Å². The van der Waals surface area contributed by atoms with Crippen LogP contribution in [0.3, 0.4) is 0 Å². The van der Waals surface area contributed by atoms with Crippen molar-refractivity contribution in [3.05, 3.63) is 62.6 Å². The lowest BCUT2D eigenvalue weighted by Gasteiger charge is -2.10. The Labute approximate surface area is 134 Å². The quantitative estimate of drug-likeness (QED) is 0.846. The number of nitrogens with one attached hydrogen (secondary N) is 1. The van der Waals surface area contributed by atoms with Crippen molar-refractivity contribution in [1.82, 2.24) is 0 Å². The molecule has 0 unspecified atom stereocenters. The lowest BCUT2D eigenvalue weighted by atomic mass is 10.1. The molecule has 0 saturated heterocycles. The molecule has 0 spiro atoms. The smallest absolute Gasteiger partial charge is 0.335 e. The first-order valence-electron chi connectivity index (χ1n) is 5.99. The highest BCUT2D eigenvalue weighted by molar-refractivity contribution is 9.10. The zero-order valence-corrected chi connectivity index (χ0v) is 13.3. The molecule has 2 aromatic carbocycles. The van der Waals surface area contributed by atoms with E-state index in [-0.39, 0.29) is 5.56 Å². The van der Waals surface area contributed by atoms with E-state index in [2.05, 4.69) is 21.2 Å². The molecule has 108 valence electrons. The number of carboxylic acid groups (broad SMARTS) is 1. The minimum absolute atomic E-state index is 0.0869. The van der Waals surface area contributed by atoms with Gasteiger partial charge in [0.1, 0.15) is 0 Å². The van der Waals surface area contributed by atoms with Crippen LogP contribution in [0.2, 0.25) is 5.02 Å². The third kappa shape index (κ3) is 3.43. The number of benzene rings is 2. The molecule has 0 bridgehead atoms. The topological polar surface area (TPSA) is 66.4 Å². The van der Waals surface area contributed by atoms with Gasteiger partial charge in [-0.15, -0.1) is 0 Å². The maximum Gasteiger partial charge on any atom is 0.335 e. The molecule has 2 rings (SSSR count). The minimum Gasteiger partial charge on any atom is -0.478 e. The van der Waals surface area contributed by atoms with Crippen molar-refractivity contribution in [1.29, 1.82) is 0 Å². The molecule has 0 aromatic heterocycles. The Balaban J connectivity index is 2.33. The summed E-state index contributed by atoms with van der Waals surface area (Å²) in [4.78, 5) is 23.2. The van der Waals surface area contributed by atoms with Gasteiger partial charge in [-0.3, -0.25) is 4.79 Å². The number of rotatable bonds is 3. The third-order valence-electron chi connectivity index (χ3n) is 2.90. The highest BCUT2D eigenvalue weighted by atomic mass is 79.9. The number of carbonyl (C=O) groups is 2. The van der Waals surface area contributed by atoms with Crippen LogP contribution in [0.25, 0.3) is 0 Å². The monoisotopic (exact) mass is 367 g/mol. The average molecular weight is 369 g/mol. The van der Waals surface area contributed by atoms with Crippen LogP contribution in [0.15, 0.2) is 40.9 Å². The Kier molecular flexibility index (Phi) is 4.65. The van der Waals surface area contributed by atoms with Gasteiger partial charge in [0.15, 0.2) is 0 Å². The van der Waals surface area contributed by atoms with Crippen LogP contribution < -0.4 is 5.32 Å². The van der Waals surface area contributed by atoms with Crippen molar-refractivity contribution >= 4 is 45.1 Å². The van der Waals surface area contributed by atoms with Crippen LogP contribution in [-0.2, 0) is 0 Å². The van der Waals surface area contributed by atoms with Crippen molar-refractivity contribution in [2.24, 2.45) is 0 Å². The van der Waals surface area contributed by atoms with Gasteiger partial charge in [-0.1, -0.05) is 23.7 Å².